The summed E-state index contributed by atoms with van der Waals surface area (Å²) >= 11 is 0. The number of hydrogen-bond acceptors (Lipinski definition) is 4. The highest BCUT2D eigenvalue weighted by molar-refractivity contribution is 6.05. The predicted octanol–water partition coefficient (Wildman–Crippen LogP) is 1.57. The van der Waals surface area contributed by atoms with Crippen molar-refractivity contribution in [2.24, 2.45) is 0 Å². The summed E-state index contributed by atoms with van der Waals surface area (Å²) in [6.45, 7) is 11.1. The van der Waals surface area contributed by atoms with E-state index in [1.165, 1.54) is 0 Å². The Morgan fingerprint density at radius 3 is 2.67 bits per heavy atom. The van der Waals surface area contributed by atoms with Crippen LogP contribution in [0, 0.1) is 13.8 Å². The summed E-state index contributed by atoms with van der Waals surface area (Å²) in [5, 5.41) is 0. The number of carbonyl (C=O) groups is 1. The first-order valence-electron chi connectivity index (χ1n) is 7.66. The van der Waals surface area contributed by atoms with Gasteiger partial charge in [0.1, 0.15) is 6.04 Å². The molecule has 0 N–H and O–H groups in total. The van der Waals surface area contributed by atoms with E-state index in [1.807, 2.05) is 20.2 Å². The summed E-state index contributed by atoms with van der Waals surface area (Å²) in [4.78, 5) is 23.8. The molecule has 2 aliphatic rings. The van der Waals surface area contributed by atoms with Gasteiger partial charge in [-0.25, -0.2) is 4.98 Å². The van der Waals surface area contributed by atoms with Crippen LogP contribution in [0.4, 0.5) is 11.5 Å². The second-order valence-corrected chi connectivity index (χ2v) is 6.43. The number of amides is 1. The van der Waals surface area contributed by atoms with E-state index in [2.05, 4.69) is 35.6 Å². The average molecular weight is 288 g/mol. The molecule has 1 fully saturated rings. The molecule has 0 bridgehead atoms. The zero-order valence-electron chi connectivity index (χ0n) is 13.6. The summed E-state index contributed by atoms with van der Waals surface area (Å²) in [6.07, 6.45) is 1.92. The Morgan fingerprint density at radius 2 is 2.00 bits per heavy atom. The number of likely N-dealkylation sites (N-methyl/N-ethyl adjacent to an activating group) is 1. The lowest BCUT2D eigenvalue weighted by molar-refractivity contribution is -0.121. The van der Waals surface area contributed by atoms with Crippen LogP contribution in [0.5, 0.6) is 0 Å². The predicted molar refractivity (Wildman–Crippen MR) is 85.0 cm³/mol. The van der Waals surface area contributed by atoms with Gasteiger partial charge in [0.05, 0.1) is 5.69 Å². The minimum atomic E-state index is -0.103. The molecule has 114 valence electrons. The third-order valence-corrected chi connectivity index (χ3v) is 4.90. The summed E-state index contributed by atoms with van der Waals surface area (Å²) in [6, 6.07) is 0.368. The molecule has 1 saturated heterocycles. The van der Waals surface area contributed by atoms with Gasteiger partial charge in [-0.1, -0.05) is 0 Å². The molecule has 1 aromatic rings. The standard InChI is InChI=1S/C16H24N4O/c1-10(2)19-6-7-20-13(9-19)16(21)18(5)14-12(4)11(3)8-17-15(14)20/h8,10,13H,6-7,9H2,1-5H3. The fourth-order valence-corrected chi connectivity index (χ4v) is 3.35. The molecule has 1 unspecified atom stereocenters. The second-order valence-electron chi connectivity index (χ2n) is 6.43. The molecule has 3 rings (SSSR count). The number of rotatable bonds is 1. The maximum absolute atomic E-state index is 12.8. The number of carbonyl (C=O) groups excluding carboxylic acids is 1. The molecule has 0 aliphatic carbocycles. The number of pyridine rings is 1. The number of aryl methyl sites for hydroxylation is 1. The first-order valence-corrected chi connectivity index (χ1v) is 7.66. The second kappa shape index (κ2) is 4.98. The molecule has 1 amide bonds. The fourth-order valence-electron chi connectivity index (χ4n) is 3.35. The van der Waals surface area contributed by atoms with Crippen LogP contribution in [0.2, 0.25) is 0 Å². The van der Waals surface area contributed by atoms with Crippen molar-refractivity contribution in [1.29, 1.82) is 0 Å². The number of aromatic nitrogens is 1. The molecule has 5 heteroatoms. The number of anilines is 2. The SMILES string of the molecule is Cc1cnc2c(c1C)N(C)C(=O)C1CN(C(C)C)CCN21. The Kier molecular flexibility index (Phi) is 3.40. The van der Waals surface area contributed by atoms with Crippen molar-refractivity contribution in [3.05, 3.63) is 17.3 Å². The van der Waals surface area contributed by atoms with Crippen LogP contribution in [-0.2, 0) is 4.79 Å². The molecular weight excluding hydrogens is 264 g/mol. The number of hydrogen-bond donors (Lipinski definition) is 0. The monoisotopic (exact) mass is 288 g/mol. The van der Waals surface area contributed by atoms with Gasteiger partial charge in [0.15, 0.2) is 5.82 Å². The molecule has 5 nitrogen and oxygen atoms in total. The molecule has 0 saturated carbocycles. The average Bonchev–Trinajstić information content (AvgIpc) is 2.47. The third kappa shape index (κ3) is 2.11. The van der Waals surface area contributed by atoms with Gasteiger partial charge in [0, 0.05) is 38.9 Å². The van der Waals surface area contributed by atoms with Crippen LogP contribution in [0.3, 0.4) is 0 Å². The van der Waals surface area contributed by atoms with Crippen LogP contribution in [-0.4, -0.2) is 54.6 Å². The Bertz CT molecular complexity index is 584. The number of piperazine rings is 1. The Labute approximate surface area is 126 Å². The van der Waals surface area contributed by atoms with Crippen molar-refractivity contribution in [3.63, 3.8) is 0 Å². The van der Waals surface area contributed by atoms with Crippen molar-refractivity contribution >= 4 is 17.4 Å². The van der Waals surface area contributed by atoms with E-state index in [9.17, 15) is 4.79 Å². The van der Waals surface area contributed by atoms with Crippen molar-refractivity contribution in [3.8, 4) is 0 Å². The lowest BCUT2D eigenvalue weighted by Crippen LogP contribution is -2.63. The van der Waals surface area contributed by atoms with Gasteiger partial charge in [0.25, 0.3) is 5.91 Å². The molecule has 3 heterocycles. The Hall–Kier alpha value is -1.62. The maximum atomic E-state index is 12.8. The van der Waals surface area contributed by atoms with Crippen molar-refractivity contribution in [1.82, 2.24) is 9.88 Å². The van der Waals surface area contributed by atoms with E-state index in [0.29, 0.717) is 6.04 Å². The summed E-state index contributed by atoms with van der Waals surface area (Å²) in [7, 11) is 1.88. The quantitative estimate of drug-likeness (QED) is 0.786. The topological polar surface area (TPSA) is 39.7 Å². The highest BCUT2D eigenvalue weighted by Crippen LogP contribution is 2.38. The van der Waals surface area contributed by atoms with Gasteiger partial charge >= 0.3 is 0 Å². The smallest absolute Gasteiger partial charge is 0.250 e. The van der Waals surface area contributed by atoms with E-state index in [0.717, 1.165) is 42.3 Å². The van der Waals surface area contributed by atoms with Crippen molar-refractivity contribution in [2.75, 3.05) is 36.5 Å². The van der Waals surface area contributed by atoms with Gasteiger partial charge in [-0.05, 0) is 38.8 Å². The Morgan fingerprint density at radius 1 is 1.29 bits per heavy atom. The van der Waals surface area contributed by atoms with Gasteiger partial charge in [0.2, 0.25) is 0 Å². The summed E-state index contributed by atoms with van der Waals surface area (Å²) in [5.41, 5.74) is 3.27. The van der Waals surface area contributed by atoms with E-state index in [1.54, 1.807) is 4.90 Å². The van der Waals surface area contributed by atoms with E-state index >= 15 is 0 Å². The highest BCUT2D eigenvalue weighted by Gasteiger charge is 2.42. The molecular formula is C16H24N4O. The van der Waals surface area contributed by atoms with Crippen LogP contribution in [0.15, 0.2) is 6.20 Å². The van der Waals surface area contributed by atoms with Crippen molar-refractivity contribution < 1.29 is 4.79 Å². The Balaban J connectivity index is 2.04. The first kappa shape index (κ1) is 14.3. The zero-order chi connectivity index (χ0) is 15.3. The van der Waals surface area contributed by atoms with Gasteiger partial charge in [-0.15, -0.1) is 0 Å². The summed E-state index contributed by atoms with van der Waals surface area (Å²) < 4.78 is 0. The van der Waals surface area contributed by atoms with E-state index in [4.69, 9.17) is 0 Å². The zero-order valence-corrected chi connectivity index (χ0v) is 13.6. The maximum Gasteiger partial charge on any atom is 0.250 e. The van der Waals surface area contributed by atoms with E-state index < -0.39 is 0 Å². The number of nitrogens with zero attached hydrogens (tertiary/aromatic N) is 4. The highest BCUT2D eigenvalue weighted by atomic mass is 16.2. The molecule has 2 aliphatic heterocycles. The fraction of sp³-hybridized carbons (Fsp3) is 0.625. The van der Waals surface area contributed by atoms with Gasteiger partial charge in [-0.2, -0.15) is 0 Å². The third-order valence-electron chi connectivity index (χ3n) is 4.90. The molecule has 1 aromatic heterocycles. The molecule has 1 atom stereocenters. The first-order chi connectivity index (χ1) is 9.91. The van der Waals surface area contributed by atoms with Crippen LogP contribution < -0.4 is 9.80 Å². The van der Waals surface area contributed by atoms with Gasteiger partial charge in [-0.3, -0.25) is 9.69 Å². The largest absolute Gasteiger partial charge is 0.340 e. The minimum absolute atomic E-state index is 0.103. The normalized spacial score (nSPS) is 22.6. The molecule has 0 radical (unpaired) electrons. The van der Waals surface area contributed by atoms with E-state index in [-0.39, 0.29) is 11.9 Å². The van der Waals surface area contributed by atoms with Crippen LogP contribution >= 0.6 is 0 Å². The van der Waals surface area contributed by atoms with Gasteiger partial charge < -0.3 is 9.80 Å². The molecule has 0 aromatic carbocycles. The van der Waals surface area contributed by atoms with Crippen molar-refractivity contribution in [2.45, 2.75) is 39.8 Å². The molecule has 0 spiro atoms. The number of fused-ring (bicyclic) bond motifs is 3. The molecule has 21 heavy (non-hydrogen) atoms. The van der Waals surface area contributed by atoms with Crippen LogP contribution in [0.1, 0.15) is 25.0 Å². The lowest BCUT2D eigenvalue weighted by Gasteiger charge is -2.48. The minimum Gasteiger partial charge on any atom is -0.340 e. The van der Waals surface area contributed by atoms with Crippen LogP contribution in [0.25, 0.3) is 0 Å². The summed E-state index contributed by atoms with van der Waals surface area (Å²) in [5.74, 6) is 1.15. The lowest BCUT2D eigenvalue weighted by atomic mass is 10.0.